The molecule has 18 heavy (non-hydrogen) atoms. The van der Waals surface area contributed by atoms with E-state index < -0.39 is 0 Å². The lowest BCUT2D eigenvalue weighted by molar-refractivity contribution is 0.0473. The Labute approximate surface area is 104 Å². The molecule has 0 radical (unpaired) electrons. The van der Waals surface area contributed by atoms with Crippen molar-refractivity contribution in [3.8, 4) is 11.5 Å². The molecule has 6 nitrogen and oxygen atoms in total. The fourth-order valence-electron chi connectivity index (χ4n) is 1.27. The SMILES string of the molecule is COCOc1cc(C=O)c(OCOC)cc1C=O. The molecule has 0 aliphatic carbocycles. The van der Waals surface area contributed by atoms with Gasteiger partial charge in [0.2, 0.25) is 0 Å². The molecular formula is C12H14O6. The maximum absolute atomic E-state index is 10.9. The fraction of sp³-hybridized carbons (Fsp3) is 0.333. The van der Waals surface area contributed by atoms with Crippen molar-refractivity contribution in [2.75, 3.05) is 27.8 Å². The lowest BCUT2D eigenvalue weighted by Crippen LogP contribution is -2.05. The number of methoxy groups -OCH3 is 2. The molecule has 0 amide bonds. The van der Waals surface area contributed by atoms with Crippen molar-refractivity contribution in [2.45, 2.75) is 0 Å². The number of carbonyl (C=O) groups excluding carboxylic acids is 2. The molecule has 1 aromatic rings. The second-order valence-electron chi connectivity index (χ2n) is 3.27. The van der Waals surface area contributed by atoms with Crippen molar-refractivity contribution in [2.24, 2.45) is 0 Å². The molecule has 0 fully saturated rings. The predicted molar refractivity (Wildman–Crippen MR) is 62.2 cm³/mol. The lowest BCUT2D eigenvalue weighted by atomic mass is 10.1. The average Bonchev–Trinajstić information content (AvgIpc) is 2.42. The van der Waals surface area contributed by atoms with E-state index in [0.717, 1.165) is 0 Å². The highest BCUT2D eigenvalue weighted by molar-refractivity contribution is 5.87. The van der Waals surface area contributed by atoms with Crippen molar-refractivity contribution >= 4 is 12.6 Å². The molecule has 0 saturated carbocycles. The number of benzene rings is 1. The fourth-order valence-corrected chi connectivity index (χ4v) is 1.27. The highest BCUT2D eigenvalue weighted by Gasteiger charge is 2.11. The maximum Gasteiger partial charge on any atom is 0.188 e. The molecule has 0 atom stereocenters. The summed E-state index contributed by atoms with van der Waals surface area (Å²) in [5.74, 6) is 0.525. The van der Waals surface area contributed by atoms with Crippen LogP contribution in [0.15, 0.2) is 12.1 Å². The van der Waals surface area contributed by atoms with Gasteiger partial charge in [-0.2, -0.15) is 0 Å². The normalized spacial score (nSPS) is 9.89. The Bertz CT molecular complexity index is 376. The molecule has 98 valence electrons. The van der Waals surface area contributed by atoms with Crippen LogP contribution < -0.4 is 9.47 Å². The van der Waals surface area contributed by atoms with Crippen LogP contribution in [0.3, 0.4) is 0 Å². The van der Waals surface area contributed by atoms with Crippen LogP contribution in [-0.4, -0.2) is 40.4 Å². The van der Waals surface area contributed by atoms with Crippen LogP contribution in [0.1, 0.15) is 20.7 Å². The molecule has 0 unspecified atom stereocenters. The summed E-state index contributed by atoms with van der Waals surface area (Å²) >= 11 is 0. The summed E-state index contributed by atoms with van der Waals surface area (Å²) in [6.45, 7) is -0.0329. The number of rotatable bonds is 8. The summed E-state index contributed by atoms with van der Waals surface area (Å²) in [4.78, 5) is 21.8. The van der Waals surface area contributed by atoms with Crippen LogP contribution in [0.4, 0.5) is 0 Å². The van der Waals surface area contributed by atoms with Gasteiger partial charge in [0.15, 0.2) is 26.2 Å². The lowest BCUT2D eigenvalue weighted by Gasteiger charge is -2.12. The number of hydrogen-bond acceptors (Lipinski definition) is 6. The van der Waals surface area contributed by atoms with Crippen LogP contribution >= 0.6 is 0 Å². The molecule has 0 heterocycles. The zero-order chi connectivity index (χ0) is 13.4. The second-order valence-corrected chi connectivity index (χ2v) is 3.27. The molecule has 0 saturated heterocycles. The van der Waals surface area contributed by atoms with Gasteiger partial charge in [-0.3, -0.25) is 9.59 Å². The summed E-state index contributed by atoms with van der Waals surface area (Å²) in [6.07, 6.45) is 1.22. The van der Waals surface area contributed by atoms with Gasteiger partial charge in [0, 0.05) is 14.2 Å². The van der Waals surface area contributed by atoms with Gasteiger partial charge in [0.05, 0.1) is 11.1 Å². The third-order valence-electron chi connectivity index (χ3n) is 2.06. The molecule has 1 rings (SSSR count). The van der Waals surface area contributed by atoms with Gasteiger partial charge in [-0.05, 0) is 12.1 Å². The zero-order valence-corrected chi connectivity index (χ0v) is 10.2. The molecule has 0 aromatic heterocycles. The van der Waals surface area contributed by atoms with Crippen LogP contribution in [0.5, 0.6) is 11.5 Å². The Morgan fingerprint density at radius 3 is 1.56 bits per heavy atom. The largest absolute Gasteiger partial charge is 0.467 e. The smallest absolute Gasteiger partial charge is 0.188 e. The van der Waals surface area contributed by atoms with Gasteiger partial charge in [-0.1, -0.05) is 0 Å². The van der Waals surface area contributed by atoms with Gasteiger partial charge >= 0.3 is 0 Å². The third kappa shape index (κ3) is 3.54. The molecule has 0 bridgehead atoms. The van der Waals surface area contributed by atoms with E-state index in [-0.39, 0.29) is 36.2 Å². The Balaban J connectivity index is 3.06. The molecule has 0 spiro atoms. The van der Waals surface area contributed by atoms with Crippen molar-refractivity contribution in [1.82, 2.24) is 0 Å². The quantitative estimate of drug-likeness (QED) is 0.514. The second kappa shape index (κ2) is 7.41. The van der Waals surface area contributed by atoms with Crippen LogP contribution in [0.2, 0.25) is 0 Å². The van der Waals surface area contributed by atoms with E-state index in [1.807, 2.05) is 0 Å². The minimum atomic E-state index is -0.0165. The summed E-state index contributed by atoms with van der Waals surface area (Å²) in [6, 6.07) is 2.83. The van der Waals surface area contributed by atoms with Crippen molar-refractivity contribution in [3.05, 3.63) is 23.3 Å². The standard InChI is InChI=1S/C12H14O6/c1-15-7-17-11-3-10(6-14)12(18-8-16-2)4-9(11)5-13/h3-6H,7-8H2,1-2H3. The van der Waals surface area contributed by atoms with Gasteiger partial charge in [-0.25, -0.2) is 0 Å². The van der Waals surface area contributed by atoms with Crippen molar-refractivity contribution in [1.29, 1.82) is 0 Å². The topological polar surface area (TPSA) is 71.1 Å². The van der Waals surface area contributed by atoms with Gasteiger partial charge < -0.3 is 18.9 Å². The van der Waals surface area contributed by atoms with Gasteiger partial charge in [0.25, 0.3) is 0 Å². The van der Waals surface area contributed by atoms with E-state index in [1.54, 1.807) is 0 Å². The van der Waals surface area contributed by atoms with Crippen LogP contribution in [0.25, 0.3) is 0 Å². The molecule has 0 aliphatic rings. The predicted octanol–water partition coefficient (Wildman–Crippen LogP) is 1.28. The summed E-state index contributed by atoms with van der Waals surface area (Å²) in [5.41, 5.74) is 0.535. The van der Waals surface area contributed by atoms with Gasteiger partial charge in [0.1, 0.15) is 11.5 Å². The first-order valence-electron chi connectivity index (χ1n) is 5.08. The highest BCUT2D eigenvalue weighted by atomic mass is 16.7. The summed E-state index contributed by atoms with van der Waals surface area (Å²) in [5, 5.41) is 0. The van der Waals surface area contributed by atoms with E-state index in [0.29, 0.717) is 12.6 Å². The van der Waals surface area contributed by atoms with E-state index in [1.165, 1.54) is 26.4 Å². The van der Waals surface area contributed by atoms with Crippen molar-refractivity contribution < 1.29 is 28.5 Å². The maximum atomic E-state index is 10.9. The zero-order valence-electron chi connectivity index (χ0n) is 10.2. The Morgan fingerprint density at radius 1 is 0.889 bits per heavy atom. The molecule has 6 heteroatoms. The number of ether oxygens (including phenoxy) is 4. The van der Waals surface area contributed by atoms with Crippen LogP contribution in [0, 0.1) is 0 Å². The van der Waals surface area contributed by atoms with E-state index in [4.69, 9.17) is 18.9 Å². The molecule has 0 aliphatic heterocycles. The summed E-state index contributed by atoms with van der Waals surface area (Å²) in [7, 11) is 2.91. The minimum Gasteiger partial charge on any atom is -0.467 e. The average molecular weight is 254 g/mol. The van der Waals surface area contributed by atoms with Gasteiger partial charge in [-0.15, -0.1) is 0 Å². The van der Waals surface area contributed by atoms with Crippen LogP contribution in [-0.2, 0) is 9.47 Å². The first-order chi connectivity index (χ1) is 8.76. The summed E-state index contributed by atoms with van der Waals surface area (Å²) < 4.78 is 19.8. The number of hydrogen-bond donors (Lipinski definition) is 0. The monoisotopic (exact) mass is 254 g/mol. The minimum absolute atomic E-state index is 0.0165. The molecular weight excluding hydrogens is 240 g/mol. The van der Waals surface area contributed by atoms with E-state index in [2.05, 4.69) is 0 Å². The first-order valence-corrected chi connectivity index (χ1v) is 5.08. The Kier molecular flexibility index (Phi) is 5.83. The van der Waals surface area contributed by atoms with E-state index in [9.17, 15) is 9.59 Å². The molecule has 1 aromatic carbocycles. The highest BCUT2D eigenvalue weighted by Crippen LogP contribution is 2.27. The number of aldehydes is 2. The molecule has 0 N–H and O–H groups in total. The van der Waals surface area contributed by atoms with Crippen molar-refractivity contribution in [3.63, 3.8) is 0 Å². The Morgan fingerprint density at radius 2 is 1.28 bits per heavy atom. The first kappa shape index (κ1) is 14.1. The Hall–Kier alpha value is -1.92. The third-order valence-corrected chi connectivity index (χ3v) is 2.06. The van der Waals surface area contributed by atoms with E-state index >= 15 is 0 Å². The number of carbonyl (C=O) groups is 2.